The predicted octanol–water partition coefficient (Wildman–Crippen LogP) is 23.3. The Morgan fingerprint density at radius 3 is 0.701 bits per heavy atom. The maximum Gasteiger partial charge on any atom is 0.472 e. The molecule has 0 bridgehead atoms. The van der Waals surface area contributed by atoms with Crippen molar-refractivity contribution >= 4 is 39.5 Å². The number of hydrogen-bond acceptors (Lipinski definition) is 15. The van der Waals surface area contributed by atoms with Crippen molar-refractivity contribution in [3.8, 4) is 0 Å². The molecule has 0 aromatic rings. The van der Waals surface area contributed by atoms with Crippen molar-refractivity contribution in [2.75, 3.05) is 39.6 Å². The summed E-state index contributed by atoms with van der Waals surface area (Å²) in [6.45, 7) is 7.28. The van der Waals surface area contributed by atoms with E-state index in [1.807, 2.05) is 0 Å². The highest BCUT2D eigenvalue weighted by atomic mass is 31.2. The summed E-state index contributed by atoms with van der Waals surface area (Å²) in [4.78, 5) is 72.8. The predicted molar refractivity (Wildman–Crippen MR) is 395 cm³/mol. The molecule has 3 N–H and O–H groups in total. The molecule has 0 saturated heterocycles. The summed E-state index contributed by atoms with van der Waals surface area (Å²) < 4.78 is 68.6. The number of unbranched alkanes of at least 4 members (excludes halogenated alkanes) is 50. The first-order valence-electron chi connectivity index (χ1n) is 40.6. The Balaban J connectivity index is 5.18. The van der Waals surface area contributed by atoms with Crippen molar-refractivity contribution in [2.45, 2.75) is 432 Å². The molecule has 0 heterocycles. The first-order chi connectivity index (χ1) is 47.0. The molecular weight excluding hydrogens is 1270 g/mol. The topological polar surface area (TPSA) is 237 Å². The number of ether oxygens (including phenoxy) is 4. The highest BCUT2D eigenvalue weighted by Gasteiger charge is 2.30. The normalized spacial score (nSPS) is 13.9. The smallest absolute Gasteiger partial charge is 0.462 e. The maximum absolute atomic E-state index is 13.1. The fourth-order valence-electron chi connectivity index (χ4n) is 12.1. The molecule has 0 rings (SSSR count). The average Bonchev–Trinajstić information content (AvgIpc) is 2.15. The molecule has 0 aliphatic carbocycles. The molecule has 0 fully saturated rings. The number of rotatable bonds is 78. The molecule has 17 nitrogen and oxygen atoms in total. The van der Waals surface area contributed by atoms with Crippen LogP contribution in [0.3, 0.4) is 0 Å². The number of aliphatic hydroxyl groups is 1. The van der Waals surface area contributed by atoms with Gasteiger partial charge in [0.05, 0.1) is 26.4 Å². The lowest BCUT2D eigenvalue weighted by atomic mass is 10.0. The first kappa shape index (κ1) is 95.1. The molecule has 0 aliphatic heterocycles. The quantitative estimate of drug-likeness (QED) is 0.0222. The minimum absolute atomic E-state index is 0.108. The summed E-state index contributed by atoms with van der Waals surface area (Å²) in [5.41, 5.74) is 0. The monoisotopic (exact) mass is 1420 g/mol. The second-order valence-corrected chi connectivity index (χ2v) is 31.5. The van der Waals surface area contributed by atoms with Crippen molar-refractivity contribution in [1.82, 2.24) is 0 Å². The van der Waals surface area contributed by atoms with Gasteiger partial charge in [0.15, 0.2) is 12.2 Å². The van der Waals surface area contributed by atoms with Gasteiger partial charge in [0.25, 0.3) is 0 Å². The van der Waals surface area contributed by atoms with Crippen LogP contribution in [-0.4, -0.2) is 96.7 Å². The van der Waals surface area contributed by atoms with Gasteiger partial charge in [-0.1, -0.05) is 362 Å². The van der Waals surface area contributed by atoms with E-state index in [-0.39, 0.29) is 25.7 Å². The Kier molecular flexibility index (Phi) is 69.6. The van der Waals surface area contributed by atoms with E-state index in [2.05, 4.69) is 34.6 Å². The lowest BCUT2D eigenvalue weighted by molar-refractivity contribution is -0.161. The highest BCUT2D eigenvalue weighted by molar-refractivity contribution is 7.47. The van der Waals surface area contributed by atoms with Crippen LogP contribution in [0.4, 0.5) is 0 Å². The minimum Gasteiger partial charge on any atom is -0.462 e. The number of carbonyl (C=O) groups excluding carboxylic acids is 4. The molecule has 0 amide bonds. The van der Waals surface area contributed by atoms with E-state index < -0.39 is 97.5 Å². The van der Waals surface area contributed by atoms with E-state index in [9.17, 15) is 43.2 Å². The molecular formula is C78H152O17P2. The van der Waals surface area contributed by atoms with Crippen LogP contribution in [0.2, 0.25) is 0 Å². The second kappa shape index (κ2) is 71.1. The molecule has 0 aliphatic rings. The molecule has 0 spiro atoms. The van der Waals surface area contributed by atoms with Crippen LogP contribution in [-0.2, 0) is 65.4 Å². The maximum atomic E-state index is 13.1. The number of carbonyl (C=O) groups is 4. The summed E-state index contributed by atoms with van der Waals surface area (Å²) in [7, 11) is -9.91. The van der Waals surface area contributed by atoms with Crippen molar-refractivity contribution in [3.05, 3.63) is 0 Å². The molecule has 2 unspecified atom stereocenters. The Morgan fingerprint density at radius 1 is 0.278 bits per heavy atom. The summed E-state index contributed by atoms with van der Waals surface area (Å²) in [5.74, 6) is -1.37. The second-order valence-electron chi connectivity index (χ2n) is 28.6. The molecule has 0 aromatic carbocycles. The van der Waals surface area contributed by atoms with E-state index in [4.69, 9.17) is 37.0 Å². The van der Waals surface area contributed by atoms with E-state index in [0.717, 1.165) is 95.8 Å². The van der Waals surface area contributed by atoms with Crippen LogP contribution < -0.4 is 0 Å². The lowest BCUT2D eigenvalue weighted by Crippen LogP contribution is -2.30. The average molecular weight is 1420 g/mol. The van der Waals surface area contributed by atoms with Gasteiger partial charge in [-0.25, -0.2) is 9.13 Å². The Morgan fingerprint density at radius 2 is 0.474 bits per heavy atom. The molecule has 5 atom stereocenters. The zero-order valence-electron chi connectivity index (χ0n) is 63.2. The van der Waals surface area contributed by atoms with E-state index in [1.54, 1.807) is 0 Å². The third-order valence-electron chi connectivity index (χ3n) is 18.3. The summed E-state index contributed by atoms with van der Waals surface area (Å²) in [6.07, 6.45) is 61.1. The fraction of sp³-hybridized carbons (Fsp3) is 0.949. The number of hydrogen-bond donors (Lipinski definition) is 3. The SMILES string of the molecule is CCCCCCCCCCCCCCCCCCCCCCCCC(=O)O[C@H](COC(=O)CCCCCCCCCCCC(C)C)COP(=O)(O)OC[C@@H](O)COP(=O)(O)OC[C@@H](COC(=O)CCCCCCCCCCCCC)OC(=O)CCCCCCCCCCCCCC. The van der Waals surface area contributed by atoms with Gasteiger partial charge in [-0.15, -0.1) is 0 Å². The number of aliphatic hydroxyl groups excluding tert-OH is 1. The first-order valence-corrected chi connectivity index (χ1v) is 43.6. The summed E-state index contributed by atoms with van der Waals surface area (Å²) >= 11 is 0. The fourth-order valence-corrected chi connectivity index (χ4v) is 13.6. The van der Waals surface area contributed by atoms with Crippen LogP contribution in [0.15, 0.2) is 0 Å². The Labute approximate surface area is 594 Å². The molecule has 0 saturated carbocycles. The molecule has 0 radical (unpaired) electrons. The van der Waals surface area contributed by atoms with Crippen molar-refractivity contribution < 1.29 is 80.2 Å². The standard InChI is InChI=1S/C78H152O17P2/c1-6-9-12-15-18-21-24-26-27-28-29-30-31-32-33-34-35-38-43-49-54-59-64-78(83)95-74(68-89-76(81)62-57-52-47-44-39-40-45-50-55-60-71(4)5)70-93-97(86,87)91-66-72(79)65-90-96(84,85)92-69-73(67-88-75(80)61-56-51-46-41-36-23-20-17-14-11-8-3)94-77(82)63-58-53-48-42-37-25-22-19-16-13-10-7-2/h71-74,79H,6-70H2,1-5H3,(H,84,85)(H,86,87)/t72-,73+,74+/m0/s1. The van der Waals surface area contributed by atoms with Crippen LogP contribution in [0.5, 0.6) is 0 Å². The molecule has 0 aromatic heterocycles. The van der Waals surface area contributed by atoms with Crippen molar-refractivity contribution in [2.24, 2.45) is 5.92 Å². The lowest BCUT2D eigenvalue weighted by Gasteiger charge is -2.21. The van der Waals surface area contributed by atoms with Gasteiger partial charge in [-0.2, -0.15) is 0 Å². The number of phosphoric ester groups is 2. The summed E-state index contributed by atoms with van der Waals surface area (Å²) in [5, 5.41) is 10.6. The molecule has 576 valence electrons. The third-order valence-corrected chi connectivity index (χ3v) is 20.2. The zero-order chi connectivity index (χ0) is 71.2. The Hall–Kier alpha value is -1.94. The van der Waals surface area contributed by atoms with Gasteiger partial charge >= 0.3 is 39.5 Å². The molecule has 97 heavy (non-hydrogen) atoms. The van der Waals surface area contributed by atoms with Gasteiger partial charge in [0.2, 0.25) is 0 Å². The molecule has 19 heteroatoms. The van der Waals surface area contributed by atoms with Gasteiger partial charge in [-0.05, 0) is 31.6 Å². The van der Waals surface area contributed by atoms with E-state index in [0.29, 0.717) is 25.7 Å². The van der Waals surface area contributed by atoms with E-state index >= 15 is 0 Å². The number of phosphoric acid groups is 2. The number of esters is 4. The minimum atomic E-state index is -4.96. The van der Waals surface area contributed by atoms with E-state index in [1.165, 1.54) is 238 Å². The van der Waals surface area contributed by atoms with Crippen LogP contribution in [0, 0.1) is 5.92 Å². The van der Waals surface area contributed by atoms with Crippen LogP contribution in [0.1, 0.15) is 413 Å². The van der Waals surface area contributed by atoms with Gasteiger partial charge in [0.1, 0.15) is 19.3 Å². The van der Waals surface area contributed by atoms with Crippen LogP contribution >= 0.6 is 15.6 Å². The van der Waals surface area contributed by atoms with Crippen LogP contribution in [0.25, 0.3) is 0 Å². The van der Waals surface area contributed by atoms with Gasteiger partial charge < -0.3 is 33.8 Å². The third kappa shape index (κ3) is 72.2. The zero-order valence-corrected chi connectivity index (χ0v) is 65.0. The van der Waals surface area contributed by atoms with Crippen molar-refractivity contribution in [1.29, 1.82) is 0 Å². The highest BCUT2D eigenvalue weighted by Crippen LogP contribution is 2.45. The van der Waals surface area contributed by atoms with Crippen molar-refractivity contribution in [3.63, 3.8) is 0 Å². The Bertz CT molecular complexity index is 1860. The van der Waals surface area contributed by atoms with Gasteiger partial charge in [-0.3, -0.25) is 37.3 Å². The largest absolute Gasteiger partial charge is 0.472 e. The summed E-state index contributed by atoms with van der Waals surface area (Å²) in [6, 6.07) is 0. The van der Waals surface area contributed by atoms with Gasteiger partial charge in [0, 0.05) is 25.7 Å².